The number of aryl methyl sites for hydroxylation is 1. The van der Waals surface area contributed by atoms with Gasteiger partial charge in [0.05, 0.1) is 5.84 Å². The number of amidine groups is 1. The first kappa shape index (κ1) is 14.7. The van der Waals surface area contributed by atoms with Gasteiger partial charge in [-0.1, -0.05) is 44.2 Å². The molecule has 1 rings (SSSR count). The SMILES string of the molecule is CCN(CCCc1ccccc1)CC(C)C(=N)N. The van der Waals surface area contributed by atoms with Crippen molar-refractivity contribution in [2.45, 2.75) is 26.7 Å². The minimum Gasteiger partial charge on any atom is -0.387 e. The van der Waals surface area contributed by atoms with Gasteiger partial charge < -0.3 is 10.6 Å². The summed E-state index contributed by atoms with van der Waals surface area (Å²) in [6.45, 7) is 7.16. The van der Waals surface area contributed by atoms with E-state index in [1.54, 1.807) is 0 Å². The van der Waals surface area contributed by atoms with E-state index < -0.39 is 0 Å². The zero-order valence-electron chi connectivity index (χ0n) is 11.5. The molecule has 0 aliphatic carbocycles. The van der Waals surface area contributed by atoms with E-state index in [2.05, 4.69) is 42.2 Å². The molecule has 0 saturated carbocycles. The van der Waals surface area contributed by atoms with Crippen molar-refractivity contribution in [2.75, 3.05) is 19.6 Å². The zero-order valence-corrected chi connectivity index (χ0v) is 11.5. The third-order valence-corrected chi connectivity index (χ3v) is 3.29. The summed E-state index contributed by atoms with van der Waals surface area (Å²) in [5.41, 5.74) is 6.91. The minimum absolute atomic E-state index is 0.154. The van der Waals surface area contributed by atoms with Crippen LogP contribution in [0.25, 0.3) is 0 Å². The average molecular weight is 247 g/mol. The van der Waals surface area contributed by atoms with Gasteiger partial charge in [0.1, 0.15) is 0 Å². The van der Waals surface area contributed by atoms with E-state index in [9.17, 15) is 0 Å². The fourth-order valence-corrected chi connectivity index (χ4v) is 2.02. The molecule has 0 saturated heterocycles. The maximum Gasteiger partial charge on any atom is 0.0947 e. The van der Waals surface area contributed by atoms with Gasteiger partial charge in [-0.2, -0.15) is 0 Å². The van der Waals surface area contributed by atoms with Crippen LogP contribution in [-0.4, -0.2) is 30.4 Å². The minimum atomic E-state index is 0.154. The lowest BCUT2D eigenvalue weighted by Gasteiger charge is -2.23. The van der Waals surface area contributed by atoms with Gasteiger partial charge in [0, 0.05) is 12.5 Å². The monoisotopic (exact) mass is 247 g/mol. The number of hydrogen-bond donors (Lipinski definition) is 2. The molecule has 0 heterocycles. The molecule has 0 amide bonds. The van der Waals surface area contributed by atoms with Crippen LogP contribution >= 0.6 is 0 Å². The van der Waals surface area contributed by atoms with E-state index in [1.807, 2.05) is 6.92 Å². The molecule has 3 N–H and O–H groups in total. The Morgan fingerprint density at radius 1 is 1.33 bits per heavy atom. The Balaban J connectivity index is 2.29. The van der Waals surface area contributed by atoms with Crippen LogP contribution in [0.5, 0.6) is 0 Å². The van der Waals surface area contributed by atoms with E-state index in [4.69, 9.17) is 11.1 Å². The molecule has 0 spiro atoms. The van der Waals surface area contributed by atoms with Gasteiger partial charge in [-0.15, -0.1) is 0 Å². The fourth-order valence-electron chi connectivity index (χ4n) is 2.02. The second kappa shape index (κ2) is 7.88. The average Bonchev–Trinajstić information content (AvgIpc) is 2.38. The van der Waals surface area contributed by atoms with E-state index in [-0.39, 0.29) is 11.8 Å². The highest BCUT2D eigenvalue weighted by Crippen LogP contribution is 2.05. The van der Waals surface area contributed by atoms with Crippen LogP contribution in [0, 0.1) is 11.3 Å². The van der Waals surface area contributed by atoms with Gasteiger partial charge in [0.2, 0.25) is 0 Å². The summed E-state index contributed by atoms with van der Waals surface area (Å²) in [4.78, 5) is 2.37. The summed E-state index contributed by atoms with van der Waals surface area (Å²) in [6.07, 6.45) is 2.27. The van der Waals surface area contributed by atoms with Crippen LogP contribution in [0.2, 0.25) is 0 Å². The zero-order chi connectivity index (χ0) is 13.4. The molecule has 3 heteroatoms. The predicted molar refractivity (Wildman–Crippen MR) is 78.0 cm³/mol. The van der Waals surface area contributed by atoms with Crippen molar-refractivity contribution < 1.29 is 0 Å². The van der Waals surface area contributed by atoms with Gasteiger partial charge in [0.15, 0.2) is 0 Å². The van der Waals surface area contributed by atoms with Gasteiger partial charge >= 0.3 is 0 Å². The highest BCUT2D eigenvalue weighted by atomic mass is 15.1. The van der Waals surface area contributed by atoms with Crippen molar-refractivity contribution in [1.82, 2.24) is 4.90 Å². The molecule has 1 atom stereocenters. The largest absolute Gasteiger partial charge is 0.387 e. The number of nitrogens with zero attached hydrogens (tertiary/aromatic N) is 1. The van der Waals surface area contributed by atoms with Crippen LogP contribution in [-0.2, 0) is 6.42 Å². The van der Waals surface area contributed by atoms with Crippen molar-refractivity contribution in [3.05, 3.63) is 35.9 Å². The molecular formula is C15H25N3. The van der Waals surface area contributed by atoms with Crippen molar-refractivity contribution >= 4 is 5.84 Å². The summed E-state index contributed by atoms with van der Waals surface area (Å²) >= 11 is 0. The molecule has 1 aromatic rings. The molecule has 0 aromatic heterocycles. The summed E-state index contributed by atoms with van der Waals surface area (Å²) in [5, 5.41) is 7.43. The Kier molecular flexibility index (Phi) is 6.44. The third kappa shape index (κ3) is 5.32. The first-order valence-electron chi connectivity index (χ1n) is 6.73. The molecule has 3 nitrogen and oxygen atoms in total. The maximum absolute atomic E-state index is 7.43. The molecule has 0 aliphatic heterocycles. The summed E-state index contributed by atoms with van der Waals surface area (Å²) < 4.78 is 0. The lowest BCUT2D eigenvalue weighted by atomic mass is 10.1. The van der Waals surface area contributed by atoms with E-state index in [1.165, 1.54) is 5.56 Å². The van der Waals surface area contributed by atoms with Crippen LogP contribution in [0.15, 0.2) is 30.3 Å². The van der Waals surface area contributed by atoms with Gasteiger partial charge in [0.25, 0.3) is 0 Å². The van der Waals surface area contributed by atoms with E-state index in [0.29, 0.717) is 0 Å². The Hall–Kier alpha value is -1.35. The quantitative estimate of drug-likeness (QED) is 0.548. The molecule has 1 unspecified atom stereocenters. The maximum atomic E-state index is 7.43. The Morgan fingerprint density at radius 3 is 2.56 bits per heavy atom. The second-order valence-electron chi connectivity index (χ2n) is 4.84. The van der Waals surface area contributed by atoms with Crippen LogP contribution < -0.4 is 5.73 Å². The summed E-state index contributed by atoms with van der Waals surface area (Å²) in [5.74, 6) is 0.443. The number of benzene rings is 1. The second-order valence-corrected chi connectivity index (χ2v) is 4.84. The highest BCUT2D eigenvalue weighted by Gasteiger charge is 2.10. The molecule has 100 valence electrons. The molecule has 0 radical (unpaired) electrons. The molecule has 18 heavy (non-hydrogen) atoms. The Bertz CT molecular complexity index is 348. The van der Waals surface area contributed by atoms with Crippen LogP contribution in [0.1, 0.15) is 25.8 Å². The van der Waals surface area contributed by atoms with E-state index in [0.717, 1.165) is 32.5 Å². The highest BCUT2D eigenvalue weighted by molar-refractivity contribution is 5.79. The van der Waals surface area contributed by atoms with Gasteiger partial charge in [-0.05, 0) is 31.5 Å². The lowest BCUT2D eigenvalue weighted by molar-refractivity contribution is 0.268. The van der Waals surface area contributed by atoms with Crippen molar-refractivity contribution in [1.29, 1.82) is 5.41 Å². The topological polar surface area (TPSA) is 53.1 Å². The number of hydrogen-bond acceptors (Lipinski definition) is 2. The molecule has 1 aromatic carbocycles. The van der Waals surface area contributed by atoms with Gasteiger partial charge in [-0.25, -0.2) is 0 Å². The molecule has 0 aliphatic rings. The van der Waals surface area contributed by atoms with Crippen molar-refractivity contribution in [2.24, 2.45) is 11.7 Å². The normalized spacial score (nSPS) is 12.6. The molecule has 0 bridgehead atoms. The van der Waals surface area contributed by atoms with Crippen molar-refractivity contribution in [3.63, 3.8) is 0 Å². The predicted octanol–water partition coefficient (Wildman–Crippen LogP) is 2.51. The number of nitrogens with one attached hydrogen (secondary N) is 1. The summed E-state index contributed by atoms with van der Waals surface area (Å²) in [7, 11) is 0. The smallest absolute Gasteiger partial charge is 0.0947 e. The molecule has 0 fully saturated rings. The first-order chi connectivity index (χ1) is 8.63. The number of rotatable bonds is 8. The van der Waals surface area contributed by atoms with Crippen LogP contribution in [0.4, 0.5) is 0 Å². The summed E-state index contributed by atoms with van der Waals surface area (Å²) in [6, 6.07) is 10.6. The first-order valence-corrected chi connectivity index (χ1v) is 6.73. The Morgan fingerprint density at radius 2 is 2.00 bits per heavy atom. The van der Waals surface area contributed by atoms with Crippen molar-refractivity contribution in [3.8, 4) is 0 Å². The standard InChI is InChI=1S/C15H25N3/c1-3-18(12-13(2)15(16)17)11-7-10-14-8-5-4-6-9-14/h4-6,8-9,13H,3,7,10-12H2,1-2H3,(H3,16,17). The molecular weight excluding hydrogens is 222 g/mol. The number of nitrogens with two attached hydrogens (primary N) is 1. The van der Waals surface area contributed by atoms with Crippen LogP contribution in [0.3, 0.4) is 0 Å². The Labute approximate surface area is 111 Å². The third-order valence-electron chi connectivity index (χ3n) is 3.29. The van der Waals surface area contributed by atoms with E-state index >= 15 is 0 Å². The van der Waals surface area contributed by atoms with Gasteiger partial charge in [-0.3, -0.25) is 5.41 Å². The lowest BCUT2D eigenvalue weighted by Crippen LogP contribution is -2.35. The fraction of sp³-hybridized carbons (Fsp3) is 0.533.